The van der Waals surface area contributed by atoms with Gasteiger partial charge in [-0.3, -0.25) is 0 Å². The molecule has 0 aliphatic carbocycles. The highest BCUT2D eigenvalue weighted by Gasteiger charge is 2.09. The molecule has 2 aromatic carbocycles. The Morgan fingerprint density at radius 3 is 2.71 bits per heavy atom. The SMILES string of the molecule is Cc1cccc([C@H](C)NCc2nc3ccccc3n2C)c1. The minimum absolute atomic E-state index is 0.310. The van der Waals surface area contributed by atoms with Gasteiger partial charge in [-0.1, -0.05) is 42.0 Å². The average Bonchev–Trinajstić information content (AvgIpc) is 2.82. The van der Waals surface area contributed by atoms with Gasteiger partial charge in [0.05, 0.1) is 17.6 Å². The fraction of sp³-hybridized carbons (Fsp3) is 0.278. The molecule has 1 heterocycles. The van der Waals surface area contributed by atoms with Gasteiger partial charge in [-0.15, -0.1) is 0 Å². The second kappa shape index (κ2) is 5.70. The maximum Gasteiger partial charge on any atom is 0.123 e. The predicted molar refractivity (Wildman–Crippen MR) is 87.1 cm³/mol. The average molecular weight is 279 g/mol. The third kappa shape index (κ3) is 2.83. The first kappa shape index (κ1) is 13.8. The van der Waals surface area contributed by atoms with Crippen LogP contribution in [-0.2, 0) is 13.6 Å². The van der Waals surface area contributed by atoms with E-state index in [1.54, 1.807) is 0 Å². The van der Waals surface area contributed by atoms with Crippen molar-refractivity contribution in [2.75, 3.05) is 0 Å². The standard InChI is InChI=1S/C18H21N3/c1-13-7-6-8-15(11-13)14(2)19-12-18-20-16-9-4-5-10-17(16)21(18)3/h4-11,14,19H,12H2,1-3H3/t14-/m0/s1. The van der Waals surface area contributed by atoms with Gasteiger partial charge in [0.1, 0.15) is 5.82 Å². The van der Waals surface area contributed by atoms with Crippen LogP contribution in [0.4, 0.5) is 0 Å². The van der Waals surface area contributed by atoms with Crippen LogP contribution in [-0.4, -0.2) is 9.55 Å². The first-order valence-electron chi connectivity index (χ1n) is 7.35. The molecule has 0 amide bonds. The molecule has 1 atom stereocenters. The molecule has 0 unspecified atom stereocenters. The third-order valence-corrected chi connectivity index (χ3v) is 3.99. The highest BCUT2D eigenvalue weighted by molar-refractivity contribution is 5.75. The zero-order valence-electron chi connectivity index (χ0n) is 12.8. The van der Waals surface area contributed by atoms with Crippen molar-refractivity contribution in [1.82, 2.24) is 14.9 Å². The number of hydrogen-bond acceptors (Lipinski definition) is 2. The lowest BCUT2D eigenvalue weighted by molar-refractivity contribution is 0.551. The molecule has 0 fully saturated rings. The van der Waals surface area contributed by atoms with Crippen molar-refractivity contribution in [2.24, 2.45) is 7.05 Å². The Morgan fingerprint density at radius 1 is 1.14 bits per heavy atom. The zero-order chi connectivity index (χ0) is 14.8. The normalized spacial score (nSPS) is 12.7. The molecule has 0 saturated carbocycles. The molecule has 0 spiro atoms. The lowest BCUT2D eigenvalue weighted by Crippen LogP contribution is -2.20. The summed E-state index contributed by atoms with van der Waals surface area (Å²) in [6, 6.07) is 17.2. The zero-order valence-corrected chi connectivity index (χ0v) is 12.8. The largest absolute Gasteiger partial charge is 0.330 e. The first-order chi connectivity index (χ1) is 10.1. The minimum atomic E-state index is 0.310. The Morgan fingerprint density at radius 2 is 1.95 bits per heavy atom. The molecule has 3 aromatic rings. The number of imidazole rings is 1. The van der Waals surface area contributed by atoms with E-state index < -0.39 is 0 Å². The summed E-state index contributed by atoms with van der Waals surface area (Å²) < 4.78 is 2.16. The van der Waals surface area contributed by atoms with E-state index in [1.807, 2.05) is 6.07 Å². The van der Waals surface area contributed by atoms with Crippen LogP contribution >= 0.6 is 0 Å². The molecule has 3 rings (SSSR count). The van der Waals surface area contributed by atoms with Crippen LogP contribution in [0.1, 0.15) is 29.9 Å². The molecule has 3 heteroatoms. The van der Waals surface area contributed by atoms with Crippen molar-refractivity contribution in [3.05, 3.63) is 65.5 Å². The van der Waals surface area contributed by atoms with E-state index in [4.69, 9.17) is 4.98 Å². The highest BCUT2D eigenvalue weighted by atomic mass is 15.1. The third-order valence-electron chi connectivity index (χ3n) is 3.99. The second-order valence-corrected chi connectivity index (χ2v) is 5.59. The van der Waals surface area contributed by atoms with Crippen LogP contribution in [0.3, 0.4) is 0 Å². The van der Waals surface area contributed by atoms with Crippen LogP contribution in [0.2, 0.25) is 0 Å². The quantitative estimate of drug-likeness (QED) is 0.788. The summed E-state index contributed by atoms with van der Waals surface area (Å²) in [7, 11) is 2.07. The lowest BCUT2D eigenvalue weighted by atomic mass is 10.1. The summed E-state index contributed by atoms with van der Waals surface area (Å²) >= 11 is 0. The van der Waals surface area contributed by atoms with Crippen molar-refractivity contribution in [2.45, 2.75) is 26.4 Å². The molecule has 0 saturated heterocycles. The van der Waals surface area contributed by atoms with Gasteiger partial charge in [-0.2, -0.15) is 0 Å². The minimum Gasteiger partial charge on any atom is -0.330 e. The van der Waals surface area contributed by atoms with Crippen molar-refractivity contribution < 1.29 is 0 Å². The molecule has 1 aromatic heterocycles. The fourth-order valence-corrected chi connectivity index (χ4v) is 2.66. The number of hydrogen-bond donors (Lipinski definition) is 1. The number of aromatic nitrogens is 2. The van der Waals surface area contributed by atoms with Crippen molar-refractivity contribution in [3.63, 3.8) is 0 Å². The number of nitrogens with zero attached hydrogens (tertiary/aromatic N) is 2. The smallest absolute Gasteiger partial charge is 0.123 e. The van der Waals surface area contributed by atoms with Crippen molar-refractivity contribution in [1.29, 1.82) is 0 Å². The van der Waals surface area contributed by atoms with Crippen LogP contribution in [0, 0.1) is 6.92 Å². The van der Waals surface area contributed by atoms with Gasteiger partial charge in [0.2, 0.25) is 0 Å². The van der Waals surface area contributed by atoms with Crippen molar-refractivity contribution in [3.8, 4) is 0 Å². The first-order valence-corrected chi connectivity index (χ1v) is 7.35. The van der Waals surface area contributed by atoms with E-state index in [0.717, 1.165) is 17.9 Å². The monoisotopic (exact) mass is 279 g/mol. The summed E-state index contributed by atoms with van der Waals surface area (Å²) in [5.74, 6) is 1.07. The van der Waals surface area contributed by atoms with Gasteiger partial charge in [0, 0.05) is 13.1 Å². The van der Waals surface area contributed by atoms with E-state index in [0.29, 0.717) is 6.04 Å². The number of nitrogens with one attached hydrogen (secondary N) is 1. The van der Waals surface area contributed by atoms with E-state index >= 15 is 0 Å². The maximum atomic E-state index is 4.70. The van der Waals surface area contributed by atoms with E-state index in [9.17, 15) is 0 Å². The molecule has 0 radical (unpaired) electrons. The van der Waals surface area contributed by atoms with Gasteiger partial charge >= 0.3 is 0 Å². The maximum absolute atomic E-state index is 4.70. The van der Waals surface area contributed by atoms with Crippen LogP contribution < -0.4 is 5.32 Å². The van der Waals surface area contributed by atoms with Crippen LogP contribution in [0.25, 0.3) is 11.0 Å². The van der Waals surface area contributed by atoms with E-state index in [1.165, 1.54) is 16.6 Å². The molecule has 3 nitrogen and oxygen atoms in total. The predicted octanol–water partition coefficient (Wildman–Crippen LogP) is 3.73. The number of para-hydroxylation sites is 2. The van der Waals surface area contributed by atoms with E-state index in [2.05, 4.69) is 73.2 Å². The number of aryl methyl sites for hydroxylation is 2. The molecular formula is C18H21N3. The van der Waals surface area contributed by atoms with Gasteiger partial charge in [-0.05, 0) is 31.5 Å². The molecule has 108 valence electrons. The Balaban J connectivity index is 1.75. The Kier molecular flexibility index (Phi) is 3.76. The van der Waals surface area contributed by atoms with Crippen molar-refractivity contribution >= 4 is 11.0 Å². The molecule has 1 N–H and O–H groups in total. The van der Waals surface area contributed by atoms with Crippen LogP contribution in [0.15, 0.2) is 48.5 Å². The molecule has 0 aliphatic rings. The second-order valence-electron chi connectivity index (χ2n) is 5.59. The Hall–Kier alpha value is -2.13. The molecule has 21 heavy (non-hydrogen) atoms. The Labute approximate surface area is 125 Å². The summed E-state index contributed by atoms with van der Waals surface area (Å²) in [4.78, 5) is 4.70. The topological polar surface area (TPSA) is 29.9 Å². The van der Waals surface area contributed by atoms with Crippen LogP contribution in [0.5, 0.6) is 0 Å². The van der Waals surface area contributed by atoms with Gasteiger partial charge in [-0.25, -0.2) is 4.98 Å². The summed E-state index contributed by atoms with van der Waals surface area (Å²) in [5.41, 5.74) is 4.84. The van der Waals surface area contributed by atoms with Gasteiger partial charge < -0.3 is 9.88 Å². The summed E-state index contributed by atoms with van der Waals surface area (Å²) in [6.45, 7) is 5.08. The summed E-state index contributed by atoms with van der Waals surface area (Å²) in [6.07, 6.45) is 0. The molecule has 0 aliphatic heterocycles. The summed E-state index contributed by atoms with van der Waals surface area (Å²) in [5, 5.41) is 3.56. The highest BCUT2D eigenvalue weighted by Crippen LogP contribution is 2.17. The Bertz CT molecular complexity index is 758. The molecular weight excluding hydrogens is 258 g/mol. The number of rotatable bonds is 4. The number of fused-ring (bicyclic) bond motifs is 1. The van der Waals surface area contributed by atoms with Gasteiger partial charge in [0.25, 0.3) is 0 Å². The fourth-order valence-electron chi connectivity index (χ4n) is 2.66. The van der Waals surface area contributed by atoms with E-state index in [-0.39, 0.29) is 0 Å². The molecule has 0 bridgehead atoms. The lowest BCUT2D eigenvalue weighted by Gasteiger charge is -2.14. The van der Waals surface area contributed by atoms with Gasteiger partial charge in [0.15, 0.2) is 0 Å². The number of benzene rings is 2.